The van der Waals surface area contributed by atoms with E-state index in [1.165, 1.54) is 11.3 Å². The fourth-order valence-corrected chi connectivity index (χ4v) is 3.72. The summed E-state index contributed by atoms with van der Waals surface area (Å²) >= 11 is 7.57. The van der Waals surface area contributed by atoms with Gasteiger partial charge in [0.2, 0.25) is 5.91 Å². The minimum Gasteiger partial charge on any atom is -0.495 e. The lowest BCUT2D eigenvalue weighted by atomic mass is 9.96. The third-order valence-electron chi connectivity index (χ3n) is 4.11. The number of carbonyl (C=O) groups is 1. The predicted octanol–water partition coefficient (Wildman–Crippen LogP) is 5.60. The molecule has 6 heteroatoms. The van der Waals surface area contributed by atoms with E-state index < -0.39 is 0 Å². The molecule has 0 bridgehead atoms. The molecule has 0 fully saturated rings. The van der Waals surface area contributed by atoms with E-state index in [2.05, 4.69) is 10.3 Å². The molecule has 0 aliphatic heterocycles. The highest BCUT2D eigenvalue weighted by Crippen LogP contribution is 2.32. The van der Waals surface area contributed by atoms with Crippen molar-refractivity contribution in [2.75, 3.05) is 12.4 Å². The van der Waals surface area contributed by atoms with Gasteiger partial charge in [-0.1, -0.05) is 48.9 Å². The molecule has 0 aliphatic carbocycles. The van der Waals surface area contributed by atoms with E-state index in [-0.39, 0.29) is 11.8 Å². The van der Waals surface area contributed by atoms with Gasteiger partial charge in [-0.3, -0.25) is 4.79 Å². The van der Waals surface area contributed by atoms with Gasteiger partial charge < -0.3 is 10.1 Å². The van der Waals surface area contributed by atoms with Crippen molar-refractivity contribution in [1.82, 2.24) is 4.98 Å². The maximum atomic E-state index is 12.6. The van der Waals surface area contributed by atoms with Crippen LogP contribution in [0, 0.1) is 0 Å². The van der Waals surface area contributed by atoms with E-state index in [0.29, 0.717) is 15.9 Å². The molecule has 2 aromatic carbocycles. The summed E-state index contributed by atoms with van der Waals surface area (Å²) < 4.78 is 5.17. The number of thiazole rings is 1. The fourth-order valence-electron chi connectivity index (χ4n) is 2.74. The predicted molar refractivity (Wildman–Crippen MR) is 107 cm³/mol. The van der Waals surface area contributed by atoms with E-state index in [9.17, 15) is 4.79 Å². The van der Waals surface area contributed by atoms with Crippen molar-refractivity contribution >= 4 is 34.0 Å². The molecule has 0 saturated heterocycles. The number of carbonyl (C=O) groups excluding carboxylic acids is 1. The van der Waals surface area contributed by atoms with Gasteiger partial charge in [0, 0.05) is 10.9 Å². The van der Waals surface area contributed by atoms with Gasteiger partial charge in [0.25, 0.3) is 0 Å². The fraction of sp³-hybridized carbons (Fsp3) is 0.200. The van der Waals surface area contributed by atoms with Crippen LogP contribution in [0.2, 0.25) is 5.02 Å². The van der Waals surface area contributed by atoms with Crippen LogP contribution < -0.4 is 10.1 Å². The van der Waals surface area contributed by atoms with E-state index in [0.717, 1.165) is 23.2 Å². The van der Waals surface area contributed by atoms with Crippen molar-refractivity contribution in [3.63, 3.8) is 0 Å². The van der Waals surface area contributed by atoms with Gasteiger partial charge >= 0.3 is 0 Å². The van der Waals surface area contributed by atoms with Crippen molar-refractivity contribution in [1.29, 1.82) is 0 Å². The second kappa shape index (κ2) is 8.34. The lowest BCUT2D eigenvalue weighted by molar-refractivity contribution is -0.117. The second-order valence-corrected chi connectivity index (χ2v) is 7.01. The SMILES string of the molecule is CCC(C(=O)Nc1nc(-c2ccc(OC)c(Cl)c2)cs1)c1ccccc1. The zero-order valence-corrected chi connectivity index (χ0v) is 16.1. The molecule has 1 amide bonds. The van der Waals surface area contributed by atoms with Gasteiger partial charge in [0.05, 0.1) is 23.7 Å². The molecule has 0 radical (unpaired) electrons. The Morgan fingerprint density at radius 2 is 2.04 bits per heavy atom. The molecule has 3 aromatic rings. The van der Waals surface area contributed by atoms with Crippen molar-refractivity contribution in [3.05, 3.63) is 64.5 Å². The van der Waals surface area contributed by atoms with E-state index in [1.807, 2.05) is 48.7 Å². The standard InChI is InChI=1S/C20H19ClN2O2S/c1-3-15(13-7-5-4-6-8-13)19(24)23-20-22-17(12-26-20)14-9-10-18(25-2)16(21)11-14/h4-12,15H,3H2,1-2H3,(H,22,23,24). The number of methoxy groups -OCH3 is 1. The zero-order chi connectivity index (χ0) is 18.5. The van der Waals surface area contributed by atoms with Gasteiger partial charge in [-0.15, -0.1) is 11.3 Å². The Labute approximate surface area is 161 Å². The van der Waals surface area contributed by atoms with Crippen LogP contribution in [0.25, 0.3) is 11.3 Å². The highest BCUT2D eigenvalue weighted by molar-refractivity contribution is 7.14. The van der Waals surface area contributed by atoms with Crippen LogP contribution in [0.4, 0.5) is 5.13 Å². The lowest BCUT2D eigenvalue weighted by Crippen LogP contribution is -2.20. The Balaban J connectivity index is 1.75. The Kier molecular flexibility index (Phi) is 5.91. The van der Waals surface area contributed by atoms with Crippen molar-refractivity contribution in [2.45, 2.75) is 19.3 Å². The normalized spacial score (nSPS) is 11.8. The van der Waals surface area contributed by atoms with E-state index in [4.69, 9.17) is 16.3 Å². The van der Waals surface area contributed by atoms with Gasteiger partial charge in [0.15, 0.2) is 5.13 Å². The molecule has 3 rings (SSSR count). The summed E-state index contributed by atoms with van der Waals surface area (Å²) in [6, 6.07) is 15.3. The number of hydrogen-bond acceptors (Lipinski definition) is 4. The number of anilines is 1. The van der Waals surface area contributed by atoms with Crippen molar-refractivity contribution < 1.29 is 9.53 Å². The third kappa shape index (κ3) is 4.06. The lowest BCUT2D eigenvalue weighted by Gasteiger charge is -2.14. The van der Waals surface area contributed by atoms with E-state index >= 15 is 0 Å². The number of halogens is 1. The van der Waals surface area contributed by atoms with Crippen LogP contribution in [-0.2, 0) is 4.79 Å². The topological polar surface area (TPSA) is 51.2 Å². The van der Waals surface area contributed by atoms with Gasteiger partial charge in [0.1, 0.15) is 5.75 Å². The number of rotatable bonds is 6. The maximum Gasteiger partial charge on any atom is 0.233 e. The molecular weight excluding hydrogens is 368 g/mol. The molecule has 1 unspecified atom stereocenters. The largest absolute Gasteiger partial charge is 0.495 e. The first-order chi connectivity index (χ1) is 12.6. The monoisotopic (exact) mass is 386 g/mol. The van der Waals surface area contributed by atoms with Crippen LogP contribution in [-0.4, -0.2) is 18.0 Å². The zero-order valence-electron chi connectivity index (χ0n) is 14.5. The summed E-state index contributed by atoms with van der Waals surface area (Å²) in [5, 5.41) is 5.93. The minimum absolute atomic E-state index is 0.0487. The summed E-state index contributed by atoms with van der Waals surface area (Å²) in [6.45, 7) is 2.00. The molecular formula is C20H19ClN2O2S. The van der Waals surface area contributed by atoms with Crippen LogP contribution in [0.1, 0.15) is 24.8 Å². The average molecular weight is 387 g/mol. The highest BCUT2D eigenvalue weighted by Gasteiger charge is 2.19. The molecule has 0 spiro atoms. The summed E-state index contributed by atoms with van der Waals surface area (Å²) in [4.78, 5) is 17.2. The first kappa shape index (κ1) is 18.4. The summed E-state index contributed by atoms with van der Waals surface area (Å²) in [7, 11) is 1.58. The summed E-state index contributed by atoms with van der Waals surface area (Å²) in [6.07, 6.45) is 0.724. The average Bonchev–Trinajstić information content (AvgIpc) is 3.11. The Morgan fingerprint density at radius 1 is 1.27 bits per heavy atom. The van der Waals surface area contributed by atoms with Crippen LogP contribution in [0.5, 0.6) is 5.75 Å². The third-order valence-corrected chi connectivity index (χ3v) is 5.16. The first-order valence-electron chi connectivity index (χ1n) is 8.27. The Bertz CT molecular complexity index is 896. The van der Waals surface area contributed by atoms with Crippen LogP contribution >= 0.6 is 22.9 Å². The van der Waals surface area contributed by atoms with Crippen LogP contribution in [0.3, 0.4) is 0 Å². The number of amides is 1. The Morgan fingerprint density at radius 3 is 2.69 bits per heavy atom. The molecule has 4 nitrogen and oxygen atoms in total. The van der Waals surface area contributed by atoms with Crippen LogP contribution in [0.15, 0.2) is 53.9 Å². The molecule has 1 N–H and O–H groups in total. The second-order valence-electron chi connectivity index (χ2n) is 5.75. The van der Waals surface area contributed by atoms with Gasteiger partial charge in [-0.25, -0.2) is 4.98 Å². The summed E-state index contributed by atoms with van der Waals surface area (Å²) in [5.74, 6) is 0.374. The number of ether oxygens (including phenoxy) is 1. The molecule has 1 aromatic heterocycles. The highest BCUT2D eigenvalue weighted by atomic mass is 35.5. The van der Waals surface area contributed by atoms with Crippen molar-refractivity contribution in [3.8, 4) is 17.0 Å². The first-order valence-corrected chi connectivity index (χ1v) is 9.53. The molecule has 134 valence electrons. The molecule has 26 heavy (non-hydrogen) atoms. The van der Waals surface area contributed by atoms with E-state index in [1.54, 1.807) is 19.2 Å². The number of hydrogen-bond donors (Lipinski definition) is 1. The maximum absolute atomic E-state index is 12.6. The number of nitrogens with one attached hydrogen (secondary N) is 1. The quantitative estimate of drug-likeness (QED) is 0.599. The number of aromatic nitrogens is 1. The smallest absolute Gasteiger partial charge is 0.233 e. The molecule has 0 saturated carbocycles. The minimum atomic E-state index is -0.195. The number of nitrogens with zero attached hydrogens (tertiary/aromatic N) is 1. The Hall–Kier alpha value is -2.37. The number of benzene rings is 2. The van der Waals surface area contributed by atoms with Gasteiger partial charge in [-0.2, -0.15) is 0 Å². The van der Waals surface area contributed by atoms with Crippen molar-refractivity contribution in [2.24, 2.45) is 0 Å². The summed E-state index contributed by atoms with van der Waals surface area (Å²) in [5.41, 5.74) is 2.65. The molecule has 1 atom stereocenters. The van der Waals surface area contributed by atoms with Gasteiger partial charge in [-0.05, 0) is 30.2 Å². The molecule has 0 aliphatic rings. The molecule has 1 heterocycles.